The number of hydrogen-bond donors (Lipinski definition) is 1. The van der Waals surface area contributed by atoms with E-state index in [-0.39, 0.29) is 6.07 Å². The van der Waals surface area contributed by atoms with Gasteiger partial charge in [-0.05, 0) is 24.6 Å². The predicted octanol–water partition coefficient (Wildman–Crippen LogP) is 6.95. The Balaban J connectivity index is 3.67. The van der Waals surface area contributed by atoms with Crippen LogP contribution in [0.15, 0.2) is 18.2 Å². The fraction of sp³-hybridized carbons (Fsp3) is 0.562. The second kappa shape index (κ2) is 9.52. The van der Waals surface area contributed by atoms with Gasteiger partial charge in [-0.2, -0.15) is 74.6 Å². The van der Waals surface area contributed by atoms with E-state index in [1.54, 1.807) is 0 Å². The number of halogens is 18. The normalized spacial score (nSPS) is 17.6. The zero-order valence-corrected chi connectivity index (χ0v) is 17.3. The molecular weight excluding hydrogens is 596 g/mol. The Morgan fingerprint density at radius 2 is 1.16 bits per heavy atom. The van der Waals surface area contributed by atoms with Crippen molar-refractivity contribution in [3.63, 3.8) is 0 Å². The zero-order valence-electron chi connectivity index (χ0n) is 17.3. The molecule has 4 nitrogen and oxygen atoms in total. The first-order valence-corrected chi connectivity index (χ1v) is 8.66. The molecule has 0 aliphatic carbocycles. The maximum atomic E-state index is 14.4. The molecule has 0 heterocycles. The van der Waals surface area contributed by atoms with E-state index < -0.39 is 71.4 Å². The number of carbonyl (C=O) groups excluding carboxylic acids is 1. The second-order valence-corrected chi connectivity index (χ2v) is 6.91. The molecule has 1 aromatic rings. The highest BCUT2D eigenvalue weighted by molar-refractivity contribution is 5.97. The Bertz CT molecular complexity index is 1030. The lowest BCUT2D eigenvalue weighted by molar-refractivity contribution is -0.548. The van der Waals surface area contributed by atoms with Crippen LogP contribution in [0, 0.1) is 12.7 Å². The second-order valence-electron chi connectivity index (χ2n) is 6.91. The molecule has 38 heavy (non-hydrogen) atoms. The van der Waals surface area contributed by atoms with Gasteiger partial charge in [0.15, 0.2) is 0 Å². The van der Waals surface area contributed by atoms with Crippen LogP contribution in [0.2, 0.25) is 0 Å². The van der Waals surface area contributed by atoms with Crippen LogP contribution in [0.25, 0.3) is 0 Å². The molecule has 0 fully saturated rings. The third kappa shape index (κ3) is 5.83. The Kier molecular flexibility index (Phi) is 8.36. The molecule has 0 saturated heterocycles. The summed E-state index contributed by atoms with van der Waals surface area (Å²) in [4.78, 5) is 11.7. The fourth-order valence-electron chi connectivity index (χ4n) is 2.09. The lowest BCUT2D eigenvalue weighted by Crippen LogP contribution is -2.68. The van der Waals surface area contributed by atoms with Gasteiger partial charge in [0.2, 0.25) is 0 Å². The van der Waals surface area contributed by atoms with Crippen molar-refractivity contribution in [3.8, 4) is 0 Å². The van der Waals surface area contributed by atoms with Crippen LogP contribution >= 0.6 is 0 Å². The van der Waals surface area contributed by atoms with E-state index in [0.717, 1.165) is 6.92 Å². The van der Waals surface area contributed by atoms with Crippen LogP contribution in [0.3, 0.4) is 0 Å². The molecule has 0 saturated carbocycles. The Morgan fingerprint density at radius 1 is 0.684 bits per heavy atom. The van der Waals surface area contributed by atoms with E-state index in [0.29, 0.717) is 17.4 Å². The third-order valence-corrected chi connectivity index (χ3v) is 4.10. The Morgan fingerprint density at radius 3 is 1.55 bits per heavy atom. The van der Waals surface area contributed by atoms with Gasteiger partial charge in [-0.1, -0.05) is 6.07 Å². The summed E-state index contributed by atoms with van der Waals surface area (Å²) in [5.41, 5.74) is -1.69. The minimum atomic E-state index is -8.12. The van der Waals surface area contributed by atoms with Gasteiger partial charge in [0.1, 0.15) is 5.82 Å². The van der Waals surface area contributed by atoms with E-state index in [9.17, 15) is 83.8 Å². The number of benzene rings is 1. The van der Waals surface area contributed by atoms with Crippen LogP contribution in [0.4, 0.5) is 84.7 Å². The van der Waals surface area contributed by atoms with Gasteiger partial charge < -0.3 is 5.32 Å². The molecule has 0 bridgehead atoms. The monoisotopic (exact) mass is 603 g/mol. The summed E-state index contributed by atoms with van der Waals surface area (Å²) in [6.07, 6.45) is -38.9. The van der Waals surface area contributed by atoms with Crippen molar-refractivity contribution in [3.05, 3.63) is 29.6 Å². The molecule has 0 radical (unpaired) electrons. The minimum absolute atomic E-state index is 0.0836. The highest BCUT2D eigenvalue weighted by atomic mass is 19.4. The van der Waals surface area contributed by atoms with Crippen LogP contribution in [0.1, 0.15) is 5.56 Å². The highest BCUT2D eigenvalue weighted by Gasteiger charge is 2.85. The van der Waals surface area contributed by atoms with Gasteiger partial charge in [0, 0.05) is 5.69 Å². The van der Waals surface area contributed by atoms with Crippen molar-refractivity contribution in [1.82, 2.24) is 0 Å². The average molecular weight is 603 g/mol. The van der Waals surface area contributed by atoms with Crippen molar-refractivity contribution in [2.24, 2.45) is 0 Å². The van der Waals surface area contributed by atoms with E-state index in [1.807, 2.05) is 4.74 Å². The molecule has 1 aromatic carbocycles. The first kappa shape index (κ1) is 33.4. The maximum Gasteiger partial charge on any atom is 0.462 e. The standard InChI is InChI=1S/C16H7F18NO3/c1-5-2-3-6(17)4-7(5)35-8(36)9(18,12(22,23)24)37-16(33,34)11(21,14(28,29)30)38-15(31,32)10(19,20)13(25,26)27/h2-4H,1H3,(H,35,36)/t9-,11-/m1/s1. The maximum absolute atomic E-state index is 14.4. The predicted molar refractivity (Wildman–Crippen MR) is 82.6 cm³/mol. The van der Waals surface area contributed by atoms with Gasteiger partial charge in [-0.15, -0.1) is 0 Å². The van der Waals surface area contributed by atoms with Gasteiger partial charge in [0.25, 0.3) is 5.91 Å². The van der Waals surface area contributed by atoms with Crippen molar-refractivity contribution >= 4 is 11.6 Å². The number of ether oxygens (including phenoxy) is 2. The first-order valence-electron chi connectivity index (χ1n) is 8.66. The molecule has 0 aliphatic heterocycles. The molecular formula is C16H7F18NO3. The number of anilines is 1. The summed E-state index contributed by atoms with van der Waals surface area (Å²) in [5.74, 6) is -28.0. The molecule has 2 atom stereocenters. The van der Waals surface area contributed by atoms with Gasteiger partial charge in [0.05, 0.1) is 0 Å². The molecule has 1 rings (SSSR count). The molecule has 1 N–H and O–H groups in total. The van der Waals surface area contributed by atoms with Gasteiger partial charge in [-0.3, -0.25) is 14.3 Å². The van der Waals surface area contributed by atoms with Crippen molar-refractivity contribution in [2.75, 3.05) is 5.32 Å². The highest BCUT2D eigenvalue weighted by Crippen LogP contribution is 2.56. The topological polar surface area (TPSA) is 47.6 Å². The summed E-state index contributed by atoms with van der Waals surface area (Å²) < 4.78 is 239. The quantitative estimate of drug-likeness (QED) is 0.328. The SMILES string of the molecule is Cc1ccc(F)cc1NC(=O)[C@@](F)(OC(F)(F)[C@](F)(OC(F)(F)C(F)(F)C(F)(F)F)C(F)(F)F)C(F)(F)F. The summed E-state index contributed by atoms with van der Waals surface area (Å²) in [6, 6.07) is 1.30. The summed E-state index contributed by atoms with van der Waals surface area (Å²) in [6.45, 7) is 0.838. The molecule has 0 aromatic heterocycles. The van der Waals surface area contributed by atoms with Crippen LogP contribution in [-0.2, 0) is 14.3 Å². The smallest absolute Gasteiger partial charge is 0.320 e. The van der Waals surface area contributed by atoms with E-state index >= 15 is 0 Å². The van der Waals surface area contributed by atoms with Crippen LogP contribution in [-0.4, -0.2) is 54.3 Å². The number of hydrogen-bond acceptors (Lipinski definition) is 3. The molecule has 0 aliphatic rings. The summed E-state index contributed by atoms with van der Waals surface area (Å²) in [7, 11) is 0. The Labute approximate surface area is 196 Å². The van der Waals surface area contributed by atoms with Gasteiger partial charge >= 0.3 is 48.4 Å². The van der Waals surface area contributed by atoms with Gasteiger partial charge in [-0.25, -0.2) is 4.39 Å². The number of amides is 1. The minimum Gasteiger partial charge on any atom is -0.320 e. The molecule has 1 amide bonds. The number of rotatable bonds is 8. The lowest BCUT2D eigenvalue weighted by Gasteiger charge is -2.40. The molecule has 0 spiro atoms. The Hall–Kier alpha value is -2.65. The van der Waals surface area contributed by atoms with Crippen molar-refractivity contribution in [2.45, 2.75) is 55.3 Å². The summed E-state index contributed by atoms with van der Waals surface area (Å²) in [5, 5.41) is 0.710. The van der Waals surface area contributed by atoms with Crippen molar-refractivity contribution in [1.29, 1.82) is 0 Å². The summed E-state index contributed by atoms with van der Waals surface area (Å²) >= 11 is 0. The molecule has 220 valence electrons. The third-order valence-electron chi connectivity index (χ3n) is 4.10. The number of nitrogens with one attached hydrogen (secondary N) is 1. The van der Waals surface area contributed by atoms with Crippen LogP contribution < -0.4 is 5.32 Å². The van der Waals surface area contributed by atoms with E-state index in [2.05, 4.69) is 0 Å². The first-order chi connectivity index (χ1) is 16.5. The number of alkyl halides is 17. The number of carbonyl (C=O) groups is 1. The average Bonchev–Trinajstić information content (AvgIpc) is 2.67. The number of aryl methyl sites for hydroxylation is 1. The van der Waals surface area contributed by atoms with Crippen LogP contribution in [0.5, 0.6) is 0 Å². The lowest BCUT2D eigenvalue weighted by atomic mass is 10.1. The molecule has 22 heteroatoms. The zero-order chi connectivity index (χ0) is 30.6. The fourth-order valence-corrected chi connectivity index (χ4v) is 2.09. The largest absolute Gasteiger partial charge is 0.462 e. The van der Waals surface area contributed by atoms with Crippen molar-refractivity contribution < 1.29 is 93.3 Å². The van der Waals surface area contributed by atoms with E-state index in [4.69, 9.17) is 0 Å². The molecule has 0 unspecified atom stereocenters. The van der Waals surface area contributed by atoms with E-state index in [1.165, 1.54) is 4.74 Å².